The Hall–Kier alpha value is -1.39. The van der Waals surface area contributed by atoms with Gasteiger partial charge in [-0.1, -0.05) is 30.3 Å². The maximum atomic E-state index is 12.1. The molecule has 0 saturated carbocycles. The summed E-state index contributed by atoms with van der Waals surface area (Å²) in [4.78, 5) is 14.4. The minimum atomic E-state index is -0.232. The van der Waals surface area contributed by atoms with Crippen LogP contribution in [0.5, 0.6) is 0 Å². The number of carbonyl (C=O) groups is 1. The number of carbonyl (C=O) groups excluding carboxylic acids is 1. The van der Waals surface area contributed by atoms with Gasteiger partial charge in [0.05, 0.1) is 13.0 Å². The summed E-state index contributed by atoms with van der Waals surface area (Å²) in [5, 5.41) is 9.10. The first-order valence-corrected chi connectivity index (χ1v) is 7.70. The highest BCUT2D eigenvalue weighted by Crippen LogP contribution is 2.24. The molecule has 1 N–H and O–H groups in total. The highest BCUT2D eigenvalue weighted by Gasteiger charge is 2.27. The van der Waals surface area contributed by atoms with E-state index in [0.29, 0.717) is 12.5 Å². The third-order valence-corrected chi connectivity index (χ3v) is 4.27. The van der Waals surface area contributed by atoms with E-state index in [1.54, 1.807) is 0 Å². The van der Waals surface area contributed by atoms with E-state index in [-0.39, 0.29) is 18.5 Å². The molecule has 1 heterocycles. The van der Waals surface area contributed by atoms with Gasteiger partial charge in [-0.05, 0) is 37.3 Å². The molecule has 1 aromatic rings. The molecule has 0 amide bonds. The van der Waals surface area contributed by atoms with Crippen molar-refractivity contribution in [1.29, 1.82) is 0 Å². The average Bonchev–Trinajstić information content (AvgIpc) is 2.53. The monoisotopic (exact) mass is 291 g/mol. The number of hydrogen-bond acceptors (Lipinski definition) is 4. The number of methoxy groups -OCH3 is 1. The van der Waals surface area contributed by atoms with Crippen LogP contribution in [0.2, 0.25) is 0 Å². The Kier molecular flexibility index (Phi) is 6.21. The first-order valence-electron chi connectivity index (χ1n) is 7.70. The lowest BCUT2D eigenvalue weighted by Crippen LogP contribution is -2.40. The van der Waals surface area contributed by atoms with Gasteiger partial charge in [-0.3, -0.25) is 4.79 Å². The number of esters is 1. The number of ether oxygens (including phenoxy) is 1. The maximum Gasteiger partial charge on any atom is 0.314 e. The number of aliphatic hydroxyl groups excluding tert-OH is 1. The Morgan fingerprint density at radius 2 is 2.19 bits per heavy atom. The molecule has 116 valence electrons. The van der Waals surface area contributed by atoms with E-state index in [0.717, 1.165) is 31.5 Å². The van der Waals surface area contributed by atoms with E-state index < -0.39 is 0 Å². The lowest BCUT2D eigenvalue weighted by molar-refractivity contribution is -0.143. The van der Waals surface area contributed by atoms with E-state index in [2.05, 4.69) is 4.90 Å². The zero-order valence-electron chi connectivity index (χ0n) is 12.7. The van der Waals surface area contributed by atoms with Crippen molar-refractivity contribution in [1.82, 2.24) is 4.90 Å². The Morgan fingerprint density at radius 1 is 1.43 bits per heavy atom. The molecule has 2 rings (SSSR count). The Labute approximate surface area is 126 Å². The first-order chi connectivity index (χ1) is 10.2. The predicted octanol–water partition coefficient (Wildman–Crippen LogP) is 2.04. The van der Waals surface area contributed by atoms with Crippen molar-refractivity contribution in [3.63, 3.8) is 0 Å². The molecular formula is C17H25NO3. The zero-order valence-corrected chi connectivity index (χ0v) is 12.7. The second kappa shape index (κ2) is 8.15. The molecule has 4 nitrogen and oxygen atoms in total. The van der Waals surface area contributed by atoms with Crippen LogP contribution in [0.15, 0.2) is 30.3 Å². The summed E-state index contributed by atoms with van der Waals surface area (Å²) in [7, 11) is 1.45. The van der Waals surface area contributed by atoms with Crippen LogP contribution in [0.25, 0.3) is 0 Å². The van der Waals surface area contributed by atoms with Crippen molar-refractivity contribution in [2.45, 2.75) is 25.2 Å². The number of nitrogens with zero attached hydrogens (tertiary/aromatic N) is 1. The minimum Gasteiger partial charge on any atom is -0.469 e. The normalized spacial score (nSPS) is 21.0. The number of likely N-dealkylation sites (tertiary alicyclic amines) is 1. The molecule has 0 aliphatic carbocycles. The SMILES string of the molecule is COC(=O)C(CN1CCCC(CCO)C1)c1ccccc1. The van der Waals surface area contributed by atoms with Crippen molar-refractivity contribution >= 4 is 5.97 Å². The van der Waals surface area contributed by atoms with Gasteiger partial charge in [0.2, 0.25) is 0 Å². The summed E-state index contributed by atoms with van der Waals surface area (Å²) < 4.78 is 4.98. The van der Waals surface area contributed by atoms with Gasteiger partial charge in [-0.2, -0.15) is 0 Å². The predicted molar refractivity (Wildman–Crippen MR) is 82.1 cm³/mol. The molecule has 1 saturated heterocycles. The standard InChI is InChI=1S/C17H25NO3/c1-21-17(20)16(15-7-3-2-4-8-15)13-18-10-5-6-14(12-18)9-11-19/h2-4,7-8,14,16,19H,5-6,9-13H2,1H3. The molecular weight excluding hydrogens is 266 g/mol. The summed E-state index contributed by atoms with van der Waals surface area (Å²) >= 11 is 0. The summed E-state index contributed by atoms with van der Waals surface area (Å²) in [6, 6.07) is 9.83. The number of piperidine rings is 1. The van der Waals surface area contributed by atoms with E-state index in [9.17, 15) is 4.79 Å². The fraction of sp³-hybridized carbons (Fsp3) is 0.588. The van der Waals surface area contributed by atoms with Gasteiger partial charge in [0.25, 0.3) is 0 Å². The molecule has 1 aliphatic heterocycles. The topological polar surface area (TPSA) is 49.8 Å². The molecule has 0 bridgehead atoms. The van der Waals surface area contributed by atoms with Gasteiger partial charge in [0, 0.05) is 19.7 Å². The van der Waals surface area contributed by atoms with E-state index in [1.165, 1.54) is 13.5 Å². The Balaban J connectivity index is 2.03. The van der Waals surface area contributed by atoms with Crippen molar-refractivity contribution in [2.75, 3.05) is 33.4 Å². The van der Waals surface area contributed by atoms with Crippen LogP contribution in [-0.4, -0.2) is 49.3 Å². The lowest BCUT2D eigenvalue weighted by Gasteiger charge is -2.34. The Bertz CT molecular complexity index is 433. The molecule has 4 heteroatoms. The van der Waals surface area contributed by atoms with Crippen molar-refractivity contribution < 1.29 is 14.6 Å². The minimum absolute atomic E-state index is 0.175. The van der Waals surface area contributed by atoms with Crippen LogP contribution in [0.3, 0.4) is 0 Å². The largest absolute Gasteiger partial charge is 0.469 e. The summed E-state index contributed by atoms with van der Waals surface area (Å²) in [5.74, 6) is 0.132. The number of benzene rings is 1. The molecule has 1 fully saturated rings. The lowest BCUT2D eigenvalue weighted by atomic mass is 9.92. The fourth-order valence-corrected chi connectivity index (χ4v) is 3.14. The molecule has 0 spiro atoms. The molecule has 0 aromatic heterocycles. The van der Waals surface area contributed by atoms with Crippen molar-refractivity contribution in [3.8, 4) is 0 Å². The maximum absolute atomic E-state index is 12.1. The van der Waals surface area contributed by atoms with Gasteiger partial charge in [0.15, 0.2) is 0 Å². The number of rotatable bonds is 6. The van der Waals surface area contributed by atoms with Gasteiger partial charge in [-0.15, -0.1) is 0 Å². The third-order valence-electron chi connectivity index (χ3n) is 4.27. The molecule has 2 unspecified atom stereocenters. The van der Waals surface area contributed by atoms with Crippen LogP contribution in [0, 0.1) is 5.92 Å². The molecule has 1 aliphatic rings. The van der Waals surface area contributed by atoms with Gasteiger partial charge in [-0.25, -0.2) is 0 Å². The van der Waals surface area contributed by atoms with Crippen LogP contribution in [0.4, 0.5) is 0 Å². The molecule has 2 atom stereocenters. The van der Waals surface area contributed by atoms with Crippen LogP contribution >= 0.6 is 0 Å². The second-order valence-electron chi connectivity index (χ2n) is 5.77. The van der Waals surface area contributed by atoms with Crippen molar-refractivity contribution in [2.24, 2.45) is 5.92 Å². The molecule has 0 radical (unpaired) electrons. The van der Waals surface area contributed by atoms with Crippen LogP contribution in [0.1, 0.15) is 30.7 Å². The third kappa shape index (κ3) is 4.55. The number of aliphatic hydroxyl groups is 1. The van der Waals surface area contributed by atoms with E-state index >= 15 is 0 Å². The van der Waals surface area contributed by atoms with Crippen LogP contribution < -0.4 is 0 Å². The summed E-state index contributed by atoms with van der Waals surface area (Å²) in [6.07, 6.45) is 3.16. The highest BCUT2D eigenvalue weighted by molar-refractivity contribution is 5.78. The van der Waals surface area contributed by atoms with E-state index in [1.807, 2.05) is 30.3 Å². The molecule has 1 aromatic carbocycles. The van der Waals surface area contributed by atoms with Gasteiger partial charge < -0.3 is 14.7 Å². The van der Waals surface area contributed by atoms with Gasteiger partial charge in [0.1, 0.15) is 0 Å². The van der Waals surface area contributed by atoms with Crippen LogP contribution in [-0.2, 0) is 9.53 Å². The molecule has 21 heavy (non-hydrogen) atoms. The van der Waals surface area contributed by atoms with Crippen molar-refractivity contribution in [3.05, 3.63) is 35.9 Å². The average molecular weight is 291 g/mol. The summed E-state index contributed by atoms with van der Waals surface area (Å²) in [6.45, 7) is 2.92. The first kappa shape index (κ1) is 16.0. The summed E-state index contributed by atoms with van der Waals surface area (Å²) in [5.41, 5.74) is 1.01. The van der Waals surface area contributed by atoms with E-state index in [4.69, 9.17) is 9.84 Å². The quantitative estimate of drug-likeness (QED) is 0.815. The smallest absolute Gasteiger partial charge is 0.314 e. The highest BCUT2D eigenvalue weighted by atomic mass is 16.5. The zero-order chi connectivity index (χ0) is 15.1. The Morgan fingerprint density at radius 3 is 2.86 bits per heavy atom. The fourth-order valence-electron chi connectivity index (χ4n) is 3.14. The second-order valence-corrected chi connectivity index (χ2v) is 5.77. The van der Waals surface area contributed by atoms with Gasteiger partial charge >= 0.3 is 5.97 Å². The number of hydrogen-bond donors (Lipinski definition) is 1.